The Bertz CT molecular complexity index is 422. The SMILES string of the molecule is O=C(Cc1ccccc1Cl)NC1CCCC1CCl. The van der Waals surface area contributed by atoms with Gasteiger partial charge < -0.3 is 5.32 Å². The summed E-state index contributed by atoms with van der Waals surface area (Å²) in [5.41, 5.74) is 0.872. The van der Waals surface area contributed by atoms with E-state index >= 15 is 0 Å². The Balaban J connectivity index is 1.91. The maximum Gasteiger partial charge on any atom is 0.224 e. The van der Waals surface area contributed by atoms with E-state index in [4.69, 9.17) is 23.2 Å². The van der Waals surface area contributed by atoms with Gasteiger partial charge in [-0.25, -0.2) is 0 Å². The number of alkyl halides is 1. The van der Waals surface area contributed by atoms with Crippen molar-refractivity contribution in [2.75, 3.05) is 5.88 Å². The predicted molar refractivity (Wildman–Crippen MR) is 75.1 cm³/mol. The minimum Gasteiger partial charge on any atom is -0.353 e. The quantitative estimate of drug-likeness (QED) is 0.844. The maximum absolute atomic E-state index is 12.0. The highest BCUT2D eigenvalue weighted by Crippen LogP contribution is 2.26. The monoisotopic (exact) mass is 285 g/mol. The molecule has 18 heavy (non-hydrogen) atoms. The van der Waals surface area contributed by atoms with E-state index in [0.717, 1.165) is 24.8 Å². The Labute approximate surface area is 118 Å². The van der Waals surface area contributed by atoms with Gasteiger partial charge in [0.15, 0.2) is 0 Å². The predicted octanol–water partition coefficient (Wildman–Crippen LogP) is 3.41. The molecule has 1 aliphatic rings. The Kier molecular flexibility index (Phi) is 4.90. The molecule has 98 valence electrons. The molecule has 1 fully saturated rings. The van der Waals surface area contributed by atoms with Crippen LogP contribution < -0.4 is 5.32 Å². The second kappa shape index (κ2) is 6.44. The van der Waals surface area contributed by atoms with Gasteiger partial charge in [0.2, 0.25) is 5.91 Å². The average molecular weight is 286 g/mol. The van der Waals surface area contributed by atoms with Crippen LogP contribution >= 0.6 is 23.2 Å². The highest BCUT2D eigenvalue weighted by atomic mass is 35.5. The Morgan fingerprint density at radius 1 is 1.33 bits per heavy atom. The van der Waals surface area contributed by atoms with E-state index in [-0.39, 0.29) is 11.9 Å². The molecule has 0 bridgehead atoms. The van der Waals surface area contributed by atoms with Crippen molar-refractivity contribution in [3.63, 3.8) is 0 Å². The molecule has 1 saturated carbocycles. The highest BCUT2D eigenvalue weighted by molar-refractivity contribution is 6.31. The zero-order valence-corrected chi connectivity index (χ0v) is 11.7. The van der Waals surface area contributed by atoms with Crippen LogP contribution in [0.4, 0.5) is 0 Å². The fourth-order valence-electron chi connectivity index (χ4n) is 2.48. The van der Waals surface area contributed by atoms with Gasteiger partial charge in [0.25, 0.3) is 0 Å². The van der Waals surface area contributed by atoms with Gasteiger partial charge >= 0.3 is 0 Å². The Morgan fingerprint density at radius 3 is 2.83 bits per heavy atom. The molecule has 2 atom stereocenters. The summed E-state index contributed by atoms with van der Waals surface area (Å²) in [5, 5.41) is 3.72. The maximum atomic E-state index is 12.0. The molecule has 1 aromatic rings. The third kappa shape index (κ3) is 3.39. The highest BCUT2D eigenvalue weighted by Gasteiger charge is 2.27. The summed E-state index contributed by atoms with van der Waals surface area (Å²) in [5.74, 6) is 1.07. The van der Waals surface area contributed by atoms with Crippen LogP contribution in [-0.2, 0) is 11.2 Å². The van der Waals surface area contributed by atoms with E-state index < -0.39 is 0 Å². The number of hydrogen-bond acceptors (Lipinski definition) is 1. The largest absolute Gasteiger partial charge is 0.353 e. The van der Waals surface area contributed by atoms with Gasteiger partial charge in [-0.05, 0) is 30.4 Å². The molecule has 2 rings (SSSR count). The number of rotatable bonds is 4. The first-order chi connectivity index (χ1) is 8.70. The number of hydrogen-bond donors (Lipinski definition) is 1. The van der Waals surface area contributed by atoms with Crippen LogP contribution in [-0.4, -0.2) is 17.8 Å². The van der Waals surface area contributed by atoms with Gasteiger partial charge in [0.1, 0.15) is 0 Å². The third-order valence-corrected chi connectivity index (χ3v) is 4.28. The molecule has 1 N–H and O–H groups in total. The summed E-state index contributed by atoms with van der Waals surface area (Å²) >= 11 is 11.9. The van der Waals surface area contributed by atoms with E-state index in [1.54, 1.807) is 6.07 Å². The van der Waals surface area contributed by atoms with Crippen molar-refractivity contribution in [2.45, 2.75) is 31.7 Å². The topological polar surface area (TPSA) is 29.1 Å². The van der Waals surface area contributed by atoms with Crippen LogP contribution in [0.25, 0.3) is 0 Å². The number of nitrogens with one attached hydrogen (secondary N) is 1. The number of carbonyl (C=O) groups excluding carboxylic acids is 1. The van der Waals surface area contributed by atoms with Crippen molar-refractivity contribution >= 4 is 29.1 Å². The number of carbonyl (C=O) groups is 1. The molecule has 4 heteroatoms. The van der Waals surface area contributed by atoms with Gasteiger partial charge in [0.05, 0.1) is 6.42 Å². The molecule has 0 aliphatic heterocycles. The first-order valence-corrected chi connectivity index (χ1v) is 7.20. The van der Waals surface area contributed by atoms with E-state index in [0.29, 0.717) is 23.2 Å². The lowest BCUT2D eigenvalue weighted by Gasteiger charge is -2.19. The van der Waals surface area contributed by atoms with Crippen molar-refractivity contribution < 1.29 is 4.79 Å². The first-order valence-electron chi connectivity index (χ1n) is 6.29. The van der Waals surface area contributed by atoms with E-state index in [2.05, 4.69) is 5.32 Å². The molecular formula is C14H17Cl2NO. The number of halogens is 2. The molecule has 0 saturated heterocycles. The Hall–Kier alpha value is -0.730. The van der Waals surface area contributed by atoms with E-state index in [1.165, 1.54) is 0 Å². The minimum absolute atomic E-state index is 0.0325. The van der Waals surface area contributed by atoms with Gasteiger partial charge in [-0.15, -0.1) is 11.6 Å². The fraction of sp³-hybridized carbons (Fsp3) is 0.500. The lowest BCUT2D eigenvalue weighted by Crippen LogP contribution is -2.38. The molecule has 1 amide bonds. The average Bonchev–Trinajstić information content (AvgIpc) is 2.79. The van der Waals surface area contributed by atoms with Crippen LogP contribution in [0.2, 0.25) is 5.02 Å². The second-order valence-electron chi connectivity index (χ2n) is 4.79. The van der Waals surface area contributed by atoms with Crippen LogP contribution in [0, 0.1) is 5.92 Å². The van der Waals surface area contributed by atoms with Crippen LogP contribution in [0.3, 0.4) is 0 Å². The van der Waals surface area contributed by atoms with Gasteiger partial charge in [0, 0.05) is 16.9 Å². The van der Waals surface area contributed by atoms with Crippen LogP contribution in [0.15, 0.2) is 24.3 Å². The molecule has 1 aliphatic carbocycles. The van der Waals surface area contributed by atoms with Gasteiger partial charge in [-0.1, -0.05) is 36.2 Å². The minimum atomic E-state index is 0.0325. The number of amides is 1. The lowest BCUT2D eigenvalue weighted by molar-refractivity contribution is -0.121. The molecule has 0 aromatic heterocycles. The lowest BCUT2D eigenvalue weighted by atomic mass is 10.1. The molecule has 0 radical (unpaired) electrons. The van der Waals surface area contributed by atoms with Crippen molar-refractivity contribution in [1.29, 1.82) is 0 Å². The van der Waals surface area contributed by atoms with Crippen LogP contribution in [0.5, 0.6) is 0 Å². The molecule has 0 heterocycles. The summed E-state index contributed by atoms with van der Waals surface area (Å²) in [4.78, 5) is 12.0. The molecule has 2 unspecified atom stereocenters. The van der Waals surface area contributed by atoms with Gasteiger partial charge in [-0.3, -0.25) is 4.79 Å². The van der Waals surface area contributed by atoms with Crippen molar-refractivity contribution in [3.05, 3.63) is 34.9 Å². The zero-order chi connectivity index (χ0) is 13.0. The summed E-state index contributed by atoms with van der Waals surface area (Å²) in [6.07, 6.45) is 3.63. The molecule has 0 spiro atoms. The Morgan fingerprint density at radius 2 is 2.11 bits per heavy atom. The van der Waals surface area contributed by atoms with E-state index in [9.17, 15) is 4.79 Å². The van der Waals surface area contributed by atoms with Gasteiger partial charge in [-0.2, -0.15) is 0 Å². The molecular weight excluding hydrogens is 269 g/mol. The normalized spacial score (nSPS) is 23.0. The molecule has 2 nitrogen and oxygen atoms in total. The first kappa shape index (κ1) is 13.7. The van der Waals surface area contributed by atoms with Crippen molar-refractivity contribution in [1.82, 2.24) is 5.32 Å². The zero-order valence-electron chi connectivity index (χ0n) is 10.2. The smallest absolute Gasteiger partial charge is 0.224 e. The van der Waals surface area contributed by atoms with Crippen molar-refractivity contribution in [2.24, 2.45) is 5.92 Å². The third-order valence-electron chi connectivity index (χ3n) is 3.51. The summed E-state index contributed by atoms with van der Waals surface area (Å²) in [7, 11) is 0. The number of benzene rings is 1. The van der Waals surface area contributed by atoms with E-state index in [1.807, 2.05) is 18.2 Å². The van der Waals surface area contributed by atoms with Crippen LogP contribution in [0.1, 0.15) is 24.8 Å². The summed E-state index contributed by atoms with van der Waals surface area (Å²) in [6, 6.07) is 7.68. The van der Waals surface area contributed by atoms with Crippen molar-refractivity contribution in [3.8, 4) is 0 Å². The fourth-order valence-corrected chi connectivity index (χ4v) is 3.06. The second-order valence-corrected chi connectivity index (χ2v) is 5.50. The standard InChI is InChI=1S/C14H17Cl2NO/c15-9-11-5-3-7-13(11)17-14(18)8-10-4-1-2-6-12(10)16/h1-2,4,6,11,13H,3,5,7-9H2,(H,17,18). The summed E-state index contributed by atoms with van der Waals surface area (Å²) < 4.78 is 0. The molecule has 1 aromatic carbocycles. The summed E-state index contributed by atoms with van der Waals surface area (Å²) in [6.45, 7) is 0.